The van der Waals surface area contributed by atoms with Crippen molar-refractivity contribution in [1.82, 2.24) is 5.06 Å². The van der Waals surface area contributed by atoms with Crippen molar-refractivity contribution in [2.75, 3.05) is 0 Å². The molecule has 1 rings (SSSR count). The van der Waals surface area contributed by atoms with Crippen LogP contribution in [0, 0.1) is 0 Å². The molecule has 1 aliphatic heterocycles. The Morgan fingerprint density at radius 1 is 1.11 bits per heavy atom. The van der Waals surface area contributed by atoms with Crippen LogP contribution in [0.1, 0.15) is 74.1 Å². The molecule has 1 N–H and O–H groups in total. The van der Waals surface area contributed by atoms with E-state index >= 15 is 0 Å². The number of piperidine rings is 1. The van der Waals surface area contributed by atoms with Gasteiger partial charge in [0.1, 0.15) is 0 Å². The van der Waals surface area contributed by atoms with Gasteiger partial charge < -0.3 is 9.94 Å². The molecule has 1 aliphatic rings. The quantitative estimate of drug-likeness (QED) is 0.826. The number of ether oxygens (including phenoxy) is 1. The van der Waals surface area contributed by atoms with Crippen LogP contribution in [0.2, 0.25) is 0 Å². The van der Waals surface area contributed by atoms with Gasteiger partial charge in [-0.2, -0.15) is 5.06 Å². The molecular formula is C15H31NO2. The summed E-state index contributed by atoms with van der Waals surface area (Å²) in [4.78, 5) is 0. The molecule has 0 atom stereocenters. The van der Waals surface area contributed by atoms with E-state index in [9.17, 15) is 5.21 Å². The second-order valence-corrected chi connectivity index (χ2v) is 7.24. The summed E-state index contributed by atoms with van der Waals surface area (Å²) in [5.74, 6) is 0. The summed E-state index contributed by atoms with van der Waals surface area (Å²) in [5.41, 5.74) is -0.488. The van der Waals surface area contributed by atoms with Crippen LogP contribution in [-0.4, -0.2) is 33.1 Å². The van der Waals surface area contributed by atoms with Crippen LogP contribution in [0.5, 0.6) is 0 Å². The fraction of sp³-hybridized carbons (Fsp3) is 1.00. The molecule has 0 radical (unpaired) electrons. The first-order chi connectivity index (χ1) is 8.06. The second kappa shape index (κ2) is 5.10. The summed E-state index contributed by atoms with van der Waals surface area (Å²) in [5, 5.41) is 11.8. The number of hydrogen-bond acceptors (Lipinski definition) is 3. The molecule has 0 aliphatic carbocycles. The van der Waals surface area contributed by atoms with Crippen LogP contribution in [0.25, 0.3) is 0 Å². The zero-order chi connectivity index (χ0) is 14.2. The molecule has 0 unspecified atom stereocenters. The molecular weight excluding hydrogens is 226 g/mol. The molecule has 0 aromatic rings. The van der Waals surface area contributed by atoms with Crippen molar-refractivity contribution in [2.24, 2.45) is 0 Å². The fourth-order valence-electron chi connectivity index (χ4n) is 3.08. The topological polar surface area (TPSA) is 32.7 Å². The third-order valence-electron chi connectivity index (χ3n) is 4.55. The Labute approximate surface area is 112 Å². The predicted molar refractivity (Wildman–Crippen MR) is 74.9 cm³/mol. The van der Waals surface area contributed by atoms with Gasteiger partial charge in [-0.15, -0.1) is 0 Å². The Bertz CT molecular complexity index is 264. The second-order valence-electron chi connectivity index (χ2n) is 7.24. The van der Waals surface area contributed by atoms with Gasteiger partial charge in [-0.3, -0.25) is 0 Å². The minimum Gasteiger partial charge on any atom is -0.372 e. The van der Waals surface area contributed by atoms with E-state index in [1.807, 2.05) is 0 Å². The number of nitrogens with zero attached hydrogens (tertiary/aromatic N) is 1. The highest BCUT2D eigenvalue weighted by Crippen LogP contribution is 2.39. The molecule has 0 aromatic carbocycles. The molecule has 1 fully saturated rings. The Hall–Kier alpha value is -0.120. The largest absolute Gasteiger partial charge is 0.372 e. The standard InChI is InChI=1S/C15H31NO2/c1-8-15(7,9-2)18-12-10-13(3,4)16(17)14(5,6)11-12/h12,17H,8-11H2,1-7H3. The predicted octanol–water partition coefficient (Wildman–Crippen LogP) is 3.99. The lowest BCUT2D eigenvalue weighted by molar-refractivity contribution is -0.270. The summed E-state index contributed by atoms with van der Waals surface area (Å²) in [6.07, 6.45) is 4.04. The maximum atomic E-state index is 10.3. The Morgan fingerprint density at radius 3 is 1.83 bits per heavy atom. The van der Waals surface area contributed by atoms with Crippen molar-refractivity contribution in [1.29, 1.82) is 0 Å². The van der Waals surface area contributed by atoms with E-state index in [4.69, 9.17) is 4.74 Å². The maximum Gasteiger partial charge on any atom is 0.0653 e. The lowest BCUT2D eigenvalue weighted by atomic mass is 9.80. The molecule has 1 heterocycles. The molecule has 1 saturated heterocycles. The van der Waals surface area contributed by atoms with Crippen LogP contribution >= 0.6 is 0 Å². The Kier molecular flexibility index (Phi) is 4.52. The van der Waals surface area contributed by atoms with Crippen LogP contribution in [0.15, 0.2) is 0 Å². The molecule has 0 bridgehead atoms. The van der Waals surface area contributed by atoms with E-state index in [2.05, 4.69) is 48.5 Å². The summed E-state index contributed by atoms with van der Waals surface area (Å²) < 4.78 is 6.36. The van der Waals surface area contributed by atoms with Crippen LogP contribution in [-0.2, 0) is 4.74 Å². The highest BCUT2D eigenvalue weighted by molar-refractivity contribution is 4.97. The SMILES string of the molecule is CCC(C)(CC)OC1CC(C)(C)N(O)C(C)(C)C1. The van der Waals surface area contributed by atoms with E-state index < -0.39 is 0 Å². The van der Waals surface area contributed by atoms with Gasteiger partial charge >= 0.3 is 0 Å². The monoisotopic (exact) mass is 257 g/mol. The molecule has 0 spiro atoms. The van der Waals surface area contributed by atoms with Crippen molar-refractivity contribution in [3.8, 4) is 0 Å². The molecule has 3 heteroatoms. The molecule has 3 nitrogen and oxygen atoms in total. The minimum atomic E-state index is -0.227. The van der Waals surface area contributed by atoms with Crippen molar-refractivity contribution < 1.29 is 9.94 Å². The third-order valence-corrected chi connectivity index (χ3v) is 4.55. The third kappa shape index (κ3) is 3.25. The van der Waals surface area contributed by atoms with Crippen molar-refractivity contribution in [3.05, 3.63) is 0 Å². The summed E-state index contributed by atoms with van der Waals surface area (Å²) in [7, 11) is 0. The van der Waals surface area contributed by atoms with Gasteiger partial charge in [0.05, 0.1) is 11.7 Å². The lowest BCUT2D eigenvalue weighted by Gasteiger charge is -2.52. The highest BCUT2D eigenvalue weighted by Gasteiger charge is 2.46. The first-order valence-corrected chi connectivity index (χ1v) is 7.23. The van der Waals surface area contributed by atoms with E-state index in [1.54, 1.807) is 0 Å². The molecule has 0 amide bonds. The van der Waals surface area contributed by atoms with Crippen LogP contribution < -0.4 is 0 Å². The molecule has 108 valence electrons. The summed E-state index contributed by atoms with van der Waals surface area (Å²) >= 11 is 0. The van der Waals surface area contributed by atoms with E-state index in [0.29, 0.717) is 0 Å². The van der Waals surface area contributed by atoms with Crippen molar-refractivity contribution in [3.63, 3.8) is 0 Å². The van der Waals surface area contributed by atoms with Gasteiger partial charge in [-0.25, -0.2) is 0 Å². The first-order valence-electron chi connectivity index (χ1n) is 7.23. The van der Waals surface area contributed by atoms with Gasteiger partial charge in [0.15, 0.2) is 0 Å². The normalized spacial score (nSPS) is 25.3. The van der Waals surface area contributed by atoms with E-state index in [0.717, 1.165) is 25.7 Å². The van der Waals surface area contributed by atoms with Crippen molar-refractivity contribution in [2.45, 2.75) is 96.9 Å². The van der Waals surface area contributed by atoms with E-state index in [-0.39, 0.29) is 22.8 Å². The fourth-order valence-corrected chi connectivity index (χ4v) is 3.08. The molecule has 18 heavy (non-hydrogen) atoms. The number of hydroxylamine groups is 2. The molecule has 0 aromatic heterocycles. The van der Waals surface area contributed by atoms with Gasteiger partial charge in [0.25, 0.3) is 0 Å². The average Bonchev–Trinajstić information content (AvgIpc) is 2.25. The highest BCUT2D eigenvalue weighted by atomic mass is 16.5. The smallest absolute Gasteiger partial charge is 0.0653 e. The van der Waals surface area contributed by atoms with Gasteiger partial charge in [0, 0.05) is 11.1 Å². The number of hydrogen-bond donors (Lipinski definition) is 1. The van der Waals surface area contributed by atoms with E-state index in [1.165, 1.54) is 5.06 Å². The minimum absolute atomic E-state index is 0.0333. The lowest BCUT2D eigenvalue weighted by Crippen LogP contribution is -2.61. The zero-order valence-electron chi connectivity index (χ0n) is 13.2. The van der Waals surface area contributed by atoms with Gasteiger partial charge in [-0.05, 0) is 60.3 Å². The van der Waals surface area contributed by atoms with Crippen LogP contribution in [0.3, 0.4) is 0 Å². The van der Waals surface area contributed by atoms with Crippen LogP contribution in [0.4, 0.5) is 0 Å². The number of rotatable bonds is 4. The van der Waals surface area contributed by atoms with Crippen molar-refractivity contribution >= 4 is 0 Å². The Balaban J connectivity index is 2.81. The summed E-state index contributed by atoms with van der Waals surface area (Å²) in [6, 6.07) is 0. The Morgan fingerprint density at radius 2 is 1.50 bits per heavy atom. The first kappa shape index (κ1) is 15.9. The van der Waals surface area contributed by atoms with Gasteiger partial charge in [-0.1, -0.05) is 13.8 Å². The molecule has 0 saturated carbocycles. The summed E-state index contributed by atoms with van der Waals surface area (Å²) in [6.45, 7) is 14.9. The van der Waals surface area contributed by atoms with Gasteiger partial charge in [0.2, 0.25) is 0 Å². The maximum absolute atomic E-state index is 10.3. The zero-order valence-corrected chi connectivity index (χ0v) is 13.2. The average molecular weight is 257 g/mol.